The van der Waals surface area contributed by atoms with Gasteiger partial charge in [0.2, 0.25) is 0 Å². The highest BCUT2D eigenvalue weighted by Gasteiger charge is 2.34. The summed E-state index contributed by atoms with van der Waals surface area (Å²) in [4.78, 5) is 0. The van der Waals surface area contributed by atoms with Crippen LogP contribution in [0.2, 0.25) is 0 Å². The fourth-order valence-electron chi connectivity index (χ4n) is 1.39. The highest BCUT2D eigenvalue weighted by atomic mass is 19.4. The van der Waals surface area contributed by atoms with Crippen molar-refractivity contribution in [3.8, 4) is 0 Å². The Hall–Kier alpha value is -1.98. The molecule has 2 rings (SSSR count). The quantitative estimate of drug-likeness (QED) is 0.875. The van der Waals surface area contributed by atoms with E-state index in [1.165, 1.54) is 7.05 Å². The molecule has 0 amide bonds. The molecule has 0 aliphatic rings. The van der Waals surface area contributed by atoms with Crippen molar-refractivity contribution in [2.24, 2.45) is 7.05 Å². The summed E-state index contributed by atoms with van der Waals surface area (Å²) >= 11 is 0. The van der Waals surface area contributed by atoms with Crippen LogP contribution in [0.15, 0.2) is 36.4 Å². The van der Waals surface area contributed by atoms with Crippen LogP contribution in [0.5, 0.6) is 0 Å². The first kappa shape index (κ1) is 11.5. The van der Waals surface area contributed by atoms with E-state index in [0.717, 1.165) is 10.7 Å². The van der Waals surface area contributed by atoms with Crippen molar-refractivity contribution >= 4 is 11.5 Å². The van der Waals surface area contributed by atoms with E-state index in [4.69, 9.17) is 0 Å². The Morgan fingerprint density at radius 1 is 1.18 bits per heavy atom. The molecule has 0 saturated carbocycles. The first-order chi connectivity index (χ1) is 7.97. The molecule has 1 N–H and O–H groups in total. The van der Waals surface area contributed by atoms with Crippen LogP contribution in [-0.2, 0) is 13.2 Å². The van der Waals surface area contributed by atoms with Crippen molar-refractivity contribution in [3.05, 3.63) is 42.1 Å². The van der Waals surface area contributed by atoms with Crippen LogP contribution >= 0.6 is 0 Å². The van der Waals surface area contributed by atoms with Gasteiger partial charge >= 0.3 is 6.18 Å². The molecule has 0 fully saturated rings. The average molecular weight is 241 g/mol. The predicted molar refractivity (Wildman–Crippen MR) is 57.9 cm³/mol. The number of aromatic nitrogens is 2. The molecule has 90 valence electrons. The minimum Gasteiger partial charge on any atom is -0.340 e. The number of rotatable bonds is 2. The molecule has 2 aromatic rings. The topological polar surface area (TPSA) is 29.9 Å². The number of aryl methyl sites for hydroxylation is 1. The molecule has 0 saturated heterocycles. The van der Waals surface area contributed by atoms with Gasteiger partial charge in [-0.2, -0.15) is 18.3 Å². The Labute approximate surface area is 95.9 Å². The standard InChI is InChI=1S/C11H10F3N3/c1-17-10(7-9(16-17)11(12,13)14)15-8-5-3-2-4-6-8/h2-7,15H,1H3. The zero-order valence-corrected chi connectivity index (χ0v) is 8.99. The number of halogens is 3. The van der Waals surface area contributed by atoms with E-state index in [-0.39, 0.29) is 0 Å². The van der Waals surface area contributed by atoms with Crippen molar-refractivity contribution in [2.75, 3.05) is 5.32 Å². The molecule has 1 aromatic carbocycles. The molecule has 0 atom stereocenters. The minimum atomic E-state index is -4.42. The number of alkyl halides is 3. The van der Waals surface area contributed by atoms with Gasteiger partial charge in [-0.25, -0.2) is 0 Å². The van der Waals surface area contributed by atoms with E-state index in [1.807, 2.05) is 6.07 Å². The fourth-order valence-corrected chi connectivity index (χ4v) is 1.39. The molecule has 0 spiro atoms. The second-order valence-electron chi connectivity index (χ2n) is 3.53. The van der Waals surface area contributed by atoms with Crippen LogP contribution in [0, 0.1) is 0 Å². The van der Waals surface area contributed by atoms with Gasteiger partial charge in [0.05, 0.1) is 0 Å². The molecule has 0 aliphatic heterocycles. The second-order valence-corrected chi connectivity index (χ2v) is 3.53. The third-order valence-corrected chi connectivity index (χ3v) is 2.22. The fraction of sp³-hybridized carbons (Fsp3) is 0.182. The summed E-state index contributed by atoms with van der Waals surface area (Å²) in [6, 6.07) is 9.93. The third kappa shape index (κ3) is 2.58. The summed E-state index contributed by atoms with van der Waals surface area (Å²) in [7, 11) is 1.46. The van der Waals surface area contributed by atoms with Gasteiger partial charge < -0.3 is 5.32 Å². The van der Waals surface area contributed by atoms with Crippen LogP contribution in [0.3, 0.4) is 0 Å². The van der Waals surface area contributed by atoms with Gasteiger partial charge in [-0.1, -0.05) is 18.2 Å². The number of hydrogen-bond acceptors (Lipinski definition) is 2. The highest BCUT2D eigenvalue weighted by molar-refractivity contribution is 5.56. The molecule has 1 aromatic heterocycles. The zero-order chi connectivity index (χ0) is 12.5. The Morgan fingerprint density at radius 2 is 1.82 bits per heavy atom. The van der Waals surface area contributed by atoms with Gasteiger partial charge in [-0.3, -0.25) is 4.68 Å². The van der Waals surface area contributed by atoms with Gasteiger partial charge in [-0.15, -0.1) is 0 Å². The van der Waals surface area contributed by atoms with E-state index in [0.29, 0.717) is 11.5 Å². The van der Waals surface area contributed by atoms with E-state index >= 15 is 0 Å². The molecule has 1 heterocycles. The minimum absolute atomic E-state index is 0.295. The maximum Gasteiger partial charge on any atom is 0.435 e. The molecule has 0 bridgehead atoms. The average Bonchev–Trinajstić information content (AvgIpc) is 2.62. The number of nitrogens with zero attached hydrogens (tertiary/aromatic N) is 2. The molecule has 0 radical (unpaired) electrons. The maximum absolute atomic E-state index is 12.4. The Kier molecular flexibility index (Phi) is 2.79. The van der Waals surface area contributed by atoms with E-state index < -0.39 is 11.9 Å². The second kappa shape index (κ2) is 4.12. The number of nitrogens with one attached hydrogen (secondary N) is 1. The number of hydrogen-bond donors (Lipinski definition) is 1. The summed E-state index contributed by atoms with van der Waals surface area (Å²) in [5, 5.41) is 6.27. The van der Waals surface area contributed by atoms with Crippen LogP contribution < -0.4 is 5.32 Å². The van der Waals surface area contributed by atoms with Gasteiger partial charge in [0.1, 0.15) is 5.82 Å². The molecule has 0 aliphatic carbocycles. The largest absolute Gasteiger partial charge is 0.435 e. The van der Waals surface area contributed by atoms with Crippen LogP contribution in [0.25, 0.3) is 0 Å². The molecule has 6 heteroatoms. The molecule has 0 unspecified atom stereocenters. The SMILES string of the molecule is Cn1nc(C(F)(F)F)cc1Nc1ccccc1. The van der Waals surface area contributed by atoms with Crippen molar-refractivity contribution < 1.29 is 13.2 Å². The maximum atomic E-state index is 12.4. The lowest BCUT2D eigenvalue weighted by Crippen LogP contribution is -2.06. The van der Waals surface area contributed by atoms with E-state index in [2.05, 4.69) is 10.4 Å². The number of para-hydroxylation sites is 1. The third-order valence-electron chi connectivity index (χ3n) is 2.22. The lowest BCUT2D eigenvalue weighted by atomic mass is 10.3. The first-order valence-electron chi connectivity index (χ1n) is 4.90. The van der Waals surface area contributed by atoms with Crippen LogP contribution in [0.1, 0.15) is 5.69 Å². The predicted octanol–water partition coefficient (Wildman–Crippen LogP) is 3.18. The van der Waals surface area contributed by atoms with Gasteiger partial charge in [0.15, 0.2) is 5.69 Å². The number of benzene rings is 1. The summed E-state index contributed by atoms with van der Waals surface area (Å²) in [6.45, 7) is 0. The summed E-state index contributed by atoms with van der Waals surface area (Å²) < 4.78 is 38.4. The van der Waals surface area contributed by atoms with Gasteiger partial charge in [0, 0.05) is 18.8 Å². The lowest BCUT2D eigenvalue weighted by Gasteiger charge is -2.04. The molecule has 3 nitrogen and oxygen atoms in total. The van der Waals surface area contributed by atoms with Crippen molar-refractivity contribution in [1.82, 2.24) is 9.78 Å². The molecular weight excluding hydrogens is 231 g/mol. The Bertz CT molecular complexity index is 502. The summed E-state index contributed by atoms with van der Waals surface area (Å²) in [5.74, 6) is 0.295. The van der Waals surface area contributed by atoms with E-state index in [9.17, 15) is 13.2 Å². The normalized spacial score (nSPS) is 11.5. The first-order valence-corrected chi connectivity index (χ1v) is 4.90. The number of anilines is 2. The lowest BCUT2D eigenvalue weighted by molar-refractivity contribution is -0.141. The molecular formula is C11H10F3N3. The van der Waals surface area contributed by atoms with Crippen molar-refractivity contribution in [2.45, 2.75) is 6.18 Å². The van der Waals surface area contributed by atoms with Crippen LogP contribution in [-0.4, -0.2) is 9.78 Å². The van der Waals surface area contributed by atoms with Gasteiger partial charge in [-0.05, 0) is 12.1 Å². The van der Waals surface area contributed by atoms with Gasteiger partial charge in [0.25, 0.3) is 0 Å². The summed E-state index contributed by atoms with van der Waals surface area (Å²) in [5.41, 5.74) is -0.192. The van der Waals surface area contributed by atoms with E-state index in [1.54, 1.807) is 24.3 Å². The van der Waals surface area contributed by atoms with Crippen molar-refractivity contribution in [1.29, 1.82) is 0 Å². The molecule has 17 heavy (non-hydrogen) atoms. The Balaban J connectivity index is 2.26. The van der Waals surface area contributed by atoms with Crippen molar-refractivity contribution in [3.63, 3.8) is 0 Å². The monoisotopic (exact) mass is 241 g/mol. The smallest absolute Gasteiger partial charge is 0.340 e. The van der Waals surface area contributed by atoms with Crippen LogP contribution in [0.4, 0.5) is 24.7 Å². The zero-order valence-electron chi connectivity index (χ0n) is 8.99. The highest BCUT2D eigenvalue weighted by Crippen LogP contribution is 2.30. The summed E-state index contributed by atoms with van der Waals surface area (Å²) in [6.07, 6.45) is -4.42. The Morgan fingerprint density at radius 3 is 2.35 bits per heavy atom.